The van der Waals surface area contributed by atoms with Crippen LogP contribution in [-0.4, -0.2) is 25.2 Å². The standard InChI is InChI=1S/C18H17N3O4/c1-12-16(17(23)24)19-18(20(12)2)21-9-8-14(10-15(21)22)25-11-13-6-4-3-5-7-13/h3-10H,11H2,1-2H3,(H,23,24). The minimum absolute atomic E-state index is 0.0752. The number of hydrogen-bond acceptors (Lipinski definition) is 4. The third-order valence-corrected chi connectivity index (χ3v) is 3.92. The molecule has 0 saturated heterocycles. The zero-order valence-electron chi connectivity index (χ0n) is 13.8. The summed E-state index contributed by atoms with van der Waals surface area (Å²) in [6.07, 6.45) is 1.52. The minimum atomic E-state index is -1.13. The number of carbonyl (C=O) groups is 1. The number of ether oxygens (including phenoxy) is 1. The van der Waals surface area contributed by atoms with Crippen molar-refractivity contribution in [1.82, 2.24) is 14.1 Å². The summed E-state index contributed by atoms with van der Waals surface area (Å²) in [5.74, 6) is -0.445. The normalized spacial score (nSPS) is 10.6. The molecule has 0 unspecified atom stereocenters. The Labute approximate surface area is 143 Å². The second-order valence-corrected chi connectivity index (χ2v) is 5.55. The average molecular weight is 339 g/mol. The van der Waals surface area contributed by atoms with E-state index in [1.54, 1.807) is 24.6 Å². The van der Waals surface area contributed by atoms with Gasteiger partial charge in [-0.15, -0.1) is 0 Å². The number of pyridine rings is 1. The van der Waals surface area contributed by atoms with Crippen LogP contribution in [0.5, 0.6) is 5.75 Å². The highest BCUT2D eigenvalue weighted by Gasteiger charge is 2.18. The second-order valence-electron chi connectivity index (χ2n) is 5.55. The van der Waals surface area contributed by atoms with Crippen LogP contribution in [0.15, 0.2) is 53.5 Å². The summed E-state index contributed by atoms with van der Waals surface area (Å²) < 4.78 is 8.48. The number of aromatic carboxylic acids is 1. The maximum Gasteiger partial charge on any atom is 0.356 e. The van der Waals surface area contributed by atoms with Gasteiger partial charge < -0.3 is 14.4 Å². The molecule has 2 aromatic heterocycles. The third kappa shape index (κ3) is 3.30. The molecule has 0 amide bonds. The first kappa shape index (κ1) is 16.5. The Morgan fingerprint density at radius 2 is 1.96 bits per heavy atom. The van der Waals surface area contributed by atoms with E-state index < -0.39 is 5.97 Å². The van der Waals surface area contributed by atoms with Gasteiger partial charge in [0.1, 0.15) is 12.4 Å². The molecule has 0 fully saturated rings. The van der Waals surface area contributed by atoms with Crippen molar-refractivity contribution < 1.29 is 14.6 Å². The quantitative estimate of drug-likeness (QED) is 0.770. The van der Waals surface area contributed by atoms with Gasteiger partial charge in [-0.1, -0.05) is 30.3 Å². The van der Waals surface area contributed by atoms with Gasteiger partial charge in [-0.25, -0.2) is 9.78 Å². The van der Waals surface area contributed by atoms with E-state index in [0.717, 1.165) is 5.56 Å². The molecule has 3 rings (SSSR count). The van der Waals surface area contributed by atoms with Crippen LogP contribution in [0.25, 0.3) is 5.95 Å². The maximum absolute atomic E-state index is 12.4. The first-order chi connectivity index (χ1) is 12.0. The fourth-order valence-electron chi connectivity index (χ4n) is 2.44. The number of carboxylic acid groups (broad SMARTS) is 1. The zero-order chi connectivity index (χ0) is 18.0. The fraction of sp³-hybridized carbons (Fsp3) is 0.167. The molecule has 0 aliphatic carbocycles. The number of carboxylic acids is 1. The van der Waals surface area contributed by atoms with Crippen molar-refractivity contribution in [3.05, 3.63) is 76.0 Å². The van der Waals surface area contributed by atoms with Gasteiger partial charge in [0.05, 0.1) is 5.69 Å². The van der Waals surface area contributed by atoms with E-state index in [1.807, 2.05) is 30.3 Å². The van der Waals surface area contributed by atoms with Crippen molar-refractivity contribution in [2.75, 3.05) is 0 Å². The molecular weight excluding hydrogens is 322 g/mol. The van der Waals surface area contributed by atoms with Gasteiger partial charge >= 0.3 is 5.97 Å². The van der Waals surface area contributed by atoms with E-state index in [0.29, 0.717) is 18.1 Å². The molecule has 2 heterocycles. The summed E-state index contributed by atoms with van der Waals surface area (Å²) in [6.45, 7) is 2.00. The lowest BCUT2D eigenvalue weighted by Gasteiger charge is -2.09. The smallest absolute Gasteiger partial charge is 0.356 e. The van der Waals surface area contributed by atoms with Crippen molar-refractivity contribution >= 4 is 5.97 Å². The number of benzene rings is 1. The summed E-state index contributed by atoms with van der Waals surface area (Å²) in [4.78, 5) is 27.6. The molecule has 1 N–H and O–H groups in total. The Morgan fingerprint density at radius 3 is 2.56 bits per heavy atom. The van der Waals surface area contributed by atoms with Gasteiger partial charge in [0.2, 0.25) is 5.95 Å². The van der Waals surface area contributed by atoms with E-state index in [2.05, 4.69) is 4.98 Å². The van der Waals surface area contributed by atoms with Gasteiger partial charge in [-0.3, -0.25) is 9.36 Å². The monoisotopic (exact) mass is 339 g/mol. The van der Waals surface area contributed by atoms with Crippen LogP contribution in [0.4, 0.5) is 0 Å². The molecule has 0 radical (unpaired) electrons. The summed E-state index contributed by atoms with van der Waals surface area (Å²) in [5.41, 5.74) is 1.04. The molecule has 0 aliphatic rings. The Hall–Kier alpha value is -3.35. The van der Waals surface area contributed by atoms with Crippen molar-refractivity contribution in [1.29, 1.82) is 0 Å². The lowest BCUT2D eigenvalue weighted by atomic mass is 10.2. The number of hydrogen-bond donors (Lipinski definition) is 1. The Bertz CT molecular complexity index is 974. The van der Waals surface area contributed by atoms with E-state index in [4.69, 9.17) is 9.84 Å². The summed E-state index contributed by atoms with van der Waals surface area (Å²) in [7, 11) is 1.66. The number of rotatable bonds is 5. The lowest BCUT2D eigenvalue weighted by molar-refractivity contribution is 0.0690. The molecule has 7 heteroatoms. The van der Waals surface area contributed by atoms with Gasteiger partial charge in [-0.05, 0) is 18.6 Å². The van der Waals surface area contributed by atoms with Crippen molar-refractivity contribution in [3.63, 3.8) is 0 Å². The molecule has 0 aliphatic heterocycles. The van der Waals surface area contributed by atoms with Crippen LogP contribution < -0.4 is 10.3 Å². The van der Waals surface area contributed by atoms with Crippen LogP contribution in [0, 0.1) is 6.92 Å². The fourth-order valence-corrected chi connectivity index (χ4v) is 2.44. The topological polar surface area (TPSA) is 86.3 Å². The SMILES string of the molecule is Cc1c(C(=O)O)nc(-n2ccc(OCc3ccccc3)cc2=O)n1C. The van der Waals surface area contributed by atoms with Gasteiger partial charge in [-0.2, -0.15) is 0 Å². The maximum atomic E-state index is 12.4. The Balaban J connectivity index is 1.87. The van der Waals surface area contributed by atoms with Crippen LogP contribution >= 0.6 is 0 Å². The first-order valence-corrected chi connectivity index (χ1v) is 7.64. The number of aromatic nitrogens is 3. The molecule has 7 nitrogen and oxygen atoms in total. The van der Waals surface area contributed by atoms with E-state index in [-0.39, 0.29) is 17.2 Å². The van der Waals surface area contributed by atoms with Crippen LogP contribution in [-0.2, 0) is 13.7 Å². The predicted octanol–water partition coefficient (Wildman–Crippen LogP) is 2.16. The van der Waals surface area contributed by atoms with Crippen molar-refractivity contribution in [2.45, 2.75) is 13.5 Å². The van der Waals surface area contributed by atoms with Gasteiger partial charge in [0.25, 0.3) is 5.56 Å². The summed E-state index contributed by atoms with van der Waals surface area (Å²) in [5, 5.41) is 9.16. The molecular formula is C18H17N3O4. The van der Waals surface area contributed by atoms with Crippen LogP contribution in [0.2, 0.25) is 0 Å². The third-order valence-electron chi connectivity index (χ3n) is 3.92. The highest BCUT2D eigenvalue weighted by molar-refractivity contribution is 5.87. The van der Waals surface area contributed by atoms with Gasteiger partial charge in [0, 0.05) is 19.3 Å². The first-order valence-electron chi connectivity index (χ1n) is 7.64. The van der Waals surface area contributed by atoms with E-state index >= 15 is 0 Å². The Kier molecular flexibility index (Phi) is 4.38. The molecule has 3 aromatic rings. The van der Waals surface area contributed by atoms with Crippen molar-refractivity contribution in [2.24, 2.45) is 7.05 Å². The largest absolute Gasteiger partial charge is 0.489 e. The highest BCUT2D eigenvalue weighted by Crippen LogP contribution is 2.14. The number of imidazole rings is 1. The van der Waals surface area contributed by atoms with Gasteiger partial charge in [0.15, 0.2) is 5.69 Å². The van der Waals surface area contributed by atoms with Crippen LogP contribution in [0.1, 0.15) is 21.7 Å². The molecule has 0 spiro atoms. The minimum Gasteiger partial charge on any atom is -0.489 e. The van der Waals surface area contributed by atoms with E-state index in [1.165, 1.54) is 16.8 Å². The molecule has 25 heavy (non-hydrogen) atoms. The zero-order valence-corrected chi connectivity index (χ0v) is 13.8. The lowest BCUT2D eigenvalue weighted by Crippen LogP contribution is -2.20. The Morgan fingerprint density at radius 1 is 1.24 bits per heavy atom. The molecule has 0 bridgehead atoms. The summed E-state index contributed by atoms with van der Waals surface area (Å²) in [6, 6.07) is 12.6. The molecule has 128 valence electrons. The van der Waals surface area contributed by atoms with E-state index in [9.17, 15) is 9.59 Å². The second kappa shape index (κ2) is 6.64. The highest BCUT2D eigenvalue weighted by atomic mass is 16.5. The molecule has 1 aromatic carbocycles. The number of nitrogens with zero attached hydrogens (tertiary/aromatic N) is 3. The van der Waals surface area contributed by atoms with Crippen LogP contribution in [0.3, 0.4) is 0 Å². The average Bonchev–Trinajstić information content (AvgIpc) is 2.90. The predicted molar refractivity (Wildman–Crippen MR) is 91.3 cm³/mol. The van der Waals surface area contributed by atoms with Crippen molar-refractivity contribution in [3.8, 4) is 11.7 Å². The summed E-state index contributed by atoms with van der Waals surface area (Å²) >= 11 is 0. The molecule has 0 saturated carbocycles. The molecule has 0 atom stereocenters.